The lowest BCUT2D eigenvalue weighted by Crippen LogP contribution is -3.14. The number of hydrogen-bond donors (Lipinski definition) is 2. The van der Waals surface area contributed by atoms with Crippen LogP contribution in [0.4, 0.5) is 0 Å². The molecule has 1 aliphatic heterocycles. The summed E-state index contributed by atoms with van der Waals surface area (Å²) in [7, 11) is 0. The molecule has 0 spiro atoms. The molecule has 0 aromatic heterocycles. The Labute approximate surface area is 162 Å². The van der Waals surface area contributed by atoms with Gasteiger partial charge in [-0.15, -0.1) is 0 Å². The fourth-order valence-corrected chi connectivity index (χ4v) is 3.60. The lowest BCUT2D eigenvalue weighted by molar-refractivity contribution is -0.908. The van der Waals surface area contributed by atoms with Crippen molar-refractivity contribution in [3.63, 3.8) is 0 Å². The van der Waals surface area contributed by atoms with Crippen molar-refractivity contribution >= 4 is 0 Å². The predicted molar refractivity (Wildman–Crippen MR) is 107 cm³/mol. The molecule has 0 bridgehead atoms. The second-order valence-corrected chi connectivity index (χ2v) is 7.32. The maximum atomic E-state index is 11.7. The van der Waals surface area contributed by atoms with Crippen molar-refractivity contribution in [2.75, 3.05) is 39.5 Å². The van der Waals surface area contributed by atoms with Gasteiger partial charge in [0.2, 0.25) is 0 Å². The Morgan fingerprint density at radius 3 is 2.33 bits per heavy atom. The van der Waals surface area contributed by atoms with E-state index in [0.717, 1.165) is 69.2 Å². The quantitative estimate of drug-likeness (QED) is 0.666. The summed E-state index contributed by atoms with van der Waals surface area (Å²) in [5.74, 6) is 0.862. The van der Waals surface area contributed by atoms with Crippen molar-refractivity contribution in [2.45, 2.75) is 31.8 Å². The SMILES string of the molecule is CCCCOc1ccc([C@@](O)(CC[NH+]2CCOCC2)c2ccccc2)cc1. The number of aliphatic hydroxyl groups is 1. The van der Waals surface area contributed by atoms with Gasteiger partial charge in [-0.2, -0.15) is 0 Å². The zero-order valence-electron chi connectivity index (χ0n) is 16.3. The molecular weight excluding hydrogens is 338 g/mol. The summed E-state index contributed by atoms with van der Waals surface area (Å²) in [6.45, 7) is 7.45. The van der Waals surface area contributed by atoms with Crippen LogP contribution in [0.5, 0.6) is 5.75 Å². The maximum absolute atomic E-state index is 11.7. The third-order valence-electron chi connectivity index (χ3n) is 5.39. The first-order valence-electron chi connectivity index (χ1n) is 10.1. The van der Waals surface area contributed by atoms with Gasteiger partial charge in [0, 0.05) is 6.42 Å². The summed E-state index contributed by atoms with van der Waals surface area (Å²) >= 11 is 0. The molecule has 0 unspecified atom stereocenters. The monoisotopic (exact) mass is 370 g/mol. The van der Waals surface area contributed by atoms with Crippen LogP contribution in [0, 0.1) is 0 Å². The van der Waals surface area contributed by atoms with Gasteiger partial charge in [-0.1, -0.05) is 55.8 Å². The highest BCUT2D eigenvalue weighted by atomic mass is 16.5. The van der Waals surface area contributed by atoms with E-state index in [-0.39, 0.29) is 0 Å². The average molecular weight is 371 g/mol. The molecule has 0 radical (unpaired) electrons. The highest BCUT2D eigenvalue weighted by Crippen LogP contribution is 2.33. The van der Waals surface area contributed by atoms with E-state index < -0.39 is 5.60 Å². The maximum Gasteiger partial charge on any atom is 0.120 e. The first kappa shape index (κ1) is 19.9. The second kappa shape index (κ2) is 9.88. The minimum Gasteiger partial charge on any atom is -0.494 e. The Bertz CT molecular complexity index is 668. The number of rotatable bonds is 9. The molecule has 1 heterocycles. The van der Waals surface area contributed by atoms with Gasteiger partial charge in [-0.05, 0) is 29.7 Å². The largest absolute Gasteiger partial charge is 0.494 e. The highest BCUT2D eigenvalue weighted by molar-refractivity contribution is 5.38. The molecule has 2 aromatic carbocycles. The van der Waals surface area contributed by atoms with Crippen molar-refractivity contribution in [1.82, 2.24) is 0 Å². The van der Waals surface area contributed by atoms with E-state index in [9.17, 15) is 5.11 Å². The third-order valence-corrected chi connectivity index (χ3v) is 5.39. The molecular formula is C23H32NO3+. The molecule has 2 N–H and O–H groups in total. The fraction of sp³-hybridized carbons (Fsp3) is 0.478. The zero-order chi connectivity index (χ0) is 19.0. The summed E-state index contributed by atoms with van der Waals surface area (Å²) in [6.07, 6.45) is 2.86. The Balaban J connectivity index is 1.76. The van der Waals surface area contributed by atoms with E-state index in [1.807, 2.05) is 54.6 Å². The number of ether oxygens (including phenoxy) is 2. The minimum atomic E-state index is -0.992. The summed E-state index contributed by atoms with van der Waals surface area (Å²) < 4.78 is 11.2. The van der Waals surface area contributed by atoms with Gasteiger partial charge in [0.15, 0.2) is 0 Å². The van der Waals surface area contributed by atoms with Gasteiger partial charge >= 0.3 is 0 Å². The van der Waals surface area contributed by atoms with Crippen LogP contribution in [0.1, 0.15) is 37.3 Å². The Kier molecular flexibility index (Phi) is 7.27. The molecule has 1 aliphatic rings. The predicted octanol–water partition coefficient (Wildman–Crippen LogP) is 2.41. The third kappa shape index (κ3) is 5.32. The van der Waals surface area contributed by atoms with Gasteiger partial charge in [0.05, 0.1) is 26.4 Å². The molecule has 1 fully saturated rings. The van der Waals surface area contributed by atoms with E-state index in [1.54, 1.807) is 0 Å². The van der Waals surface area contributed by atoms with Crippen molar-refractivity contribution in [3.8, 4) is 5.75 Å². The van der Waals surface area contributed by atoms with E-state index >= 15 is 0 Å². The molecule has 1 saturated heterocycles. The Morgan fingerprint density at radius 2 is 1.67 bits per heavy atom. The summed E-state index contributed by atoms with van der Waals surface area (Å²) in [5, 5.41) is 11.7. The van der Waals surface area contributed by atoms with Crippen molar-refractivity contribution < 1.29 is 19.5 Å². The molecule has 4 nitrogen and oxygen atoms in total. The number of quaternary nitrogens is 1. The van der Waals surface area contributed by atoms with Crippen LogP contribution < -0.4 is 9.64 Å². The van der Waals surface area contributed by atoms with Crippen LogP contribution in [-0.4, -0.2) is 44.6 Å². The first-order valence-corrected chi connectivity index (χ1v) is 10.1. The fourth-order valence-electron chi connectivity index (χ4n) is 3.60. The number of nitrogens with one attached hydrogen (secondary N) is 1. The molecule has 0 amide bonds. The number of hydrogen-bond acceptors (Lipinski definition) is 3. The average Bonchev–Trinajstić information content (AvgIpc) is 2.74. The lowest BCUT2D eigenvalue weighted by atomic mass is 9.83. The Morgan fingerprint density at radius 1 is 1.00 bits per heavy atom. The smallest absolute Gasteiger partial charge is 0.120 e. The van der Waals surface area contributed by atoms with E-state index in [2.05, 4.69) is 6.92 Å². The molecule has 1 atom stereocenters. The summed E-state index contributed by atoms with van der Waals surface area (Å²) in [4.78, 5) is 1.50. The highest BCUT2D eigenvalue weighted by Gasteiger charge is 2.33. The standard InChI is InChI=1S/C23H31NO3/c1-2-3-17-27-22-11-9-21(10-12-22)23(25,20-7-5-4-6-8-20)13-14-24-15-18-26-19-16-24/h4-12,25H,2-3,13-19H2,1H3/p+1/t23-/m1/s1. The van der Waals surface area contributed by atoms with Gasteiger partial charge in [-0.25, -0.2) is 0 Å². The van der Waals surface area contributed by atoms with Gasteiger partial charge in [-0.3, -0.25) is 0 Å². The normalized spacial score (nSPS) is 17.4. The molecule has 27 heavy (non-hydrogen) atoms. The number of unbranched alkanes of at least 4 members (excludes halogenated alkanes) is 1. The lowest BCUT2D eigenvalue weighted by Gasteiger charge is -2.32. The summed E-state index contributed by atoms with van der Waals surface area (Å²) in [6, 6.07) is 17.9. The van der Waals surface area contributed by atoms with Crippen LogP contribution in [-0.2, 0) is 10.3 Å². The van der Waals surface area contributed by atoms with Crippen LogP contribution in [0.25, 0.3) is 0 Å². The molecule has 2 aromatic rings. The van der Waals surface area contributed by atoms with Crippen molar-refractivity contribution in [3.05, 3.63) is 65.7 Å². The summed E-state index contributed by atoms with van der Waals surface area (Å²) in [5.41, 5.74) is 0.871. The van der Waals surface area contributed by atoms with Crippen molar-refractivity contribution in [2.24, 2.45) is 0 Å². The molecule has 4 heteroatoms. The molecule has 3 rings (SSSR count). The zero-order valence-corrected chi connectivity index (χ0v) is 16.3. The topological polar surface area (TPSA) is 43.1 Å². The first-order chi connectivity index (χ1) is 13.2. The van der Waals surface area contributed by atoms with Gasteiger partial charge in [0.25, 0.3) is 0 Å². The van der Waals surface area contributed by atoms with Gasteiger partial charge < -0.3 is 19.5 Å². The van der Waals surface area contributed by atoms with Crippen molar-refractivity contribution in [1.29, 1.82) is 0 Å². The second-order valence-electron chi connectivity index (χ2n) is 7.32. The van der Waals surface area contributed by atoms with Crippen LogP contribution in [0.15, 0.2) is 54.6 Å². The van der Waals surface area contributed by atoms with E-state index in [0.29, 0.717) is 6.42 Å². The Hall–Kier alpha value is -1.88. The number of benzene rings is 2. The van der Waals surface area contributed by atoms with E-state index in [1.165, 1.54) is 4.90 Å². The van der Waals surface area contributed by atoms with E-state index in [4.69, 9.17) is 9.47 Å². The van der Waals surface area contributed by atoms with Crippen LogP contribution >= 0.6 is 0 Å². The molecule has 146 valence electrons. The molecule has 0 saturated carbocycles. The number of morpholine rings is 1. The van der Waals surface area contributed by atoms with Crippen LogP contribution in [0.2, 0.25) is 0 Å². The minimum absolute atomic E-state index is 0.683. The van der Waals surface area contributed by atoms with Gasteiger partial charge in [0.1, 0.15) is 24.4 Å². The van der Waals surface area contributed by atoms with Crippen LogP contribution in [0.3, 0.4) is 0 Å². The molecule has 0 aliphatic carbocycles.